The summed E-state index contributed by atoms with van der Waals surface area (Å²) in [4.78, 5) is 9.54. The van der Waals surface area contributed by atoms with E-state index >= 15 is 0 Å². The van der Waals surface area contributed by atoms with Crippen molar-refractivity contribution in [3.63, 3.8) is 0 Å². The molecule has 0 amide bonds. The Bertz CT molecular complexity index is 724. The van der Waals surface area contributed by atoms with E-state index in [4.69, 9.17) is 4.74 Å². The number of rotatable bonds is 6. The number of benzene rings is 1. The van der Waals surface area contributed by atoms with Crippen molar-refractivity contribution in [2.24, 2.45) is 4.99 Å². The van der Waals surface area contributed by atoms with Crippen LogP contribution in [-0.2, 0) is 14.6 Å². The first kappa shape index (κ1) is 23.4. The molecule has 2 aliphatic rings. The second kappa shape index (κ2) is 11.3. The average molecular weight is 522 g/mol. The number of sulfone groups is 1. The molecule has 0 aromatic heterocycles. The van der Waals surface area contributed by atoms with Crippen molar-refractivity contribution in [2.75, 3.05) is 58.7 Å². The molecular formula is C19H31IN4O3S. The Labute approximate surface area is 185 Å². The molecule has 0 spiro atoms. The summed E-state index contributed by atoms with van der Waals surface area (Å²) in [5, 5.41) is 3.33. The lowest BCUT2D eigenvalue weighted by atomic mass is 10.2. The van der Waals surface area contributed by atoms with E-state index in [0.29, 0.717) is 23.9 Å². The van der Waals surface area contributed by atoms with Crippen LogP contribution in [0, 0.1) is 0 Å². The summed E-state index contributed by atoms with van der Waals surface area (Å²) >= 11 is 0. The van der Waals surface area contributed by atoms with Gasteiger partial charge in [-0.2, -0.15) is 0 Å². The van der Waals surface area contributed by atoms with Crippen LogP contribution in [-0.4, -0.2) is 89.0 Å². The Morgan fingerprint density at radius 2 is 1.93 bits per heavy atom. The molecule has 2 fully saturated rings. The van der Waals surface area contributed by atoms with Crippen LogP contribution in [0.25, 0.3) is 0 Å². The van der Waals surface area contributed by atoms with E-state index in [9.17, 15) is 8.42 Å². The first-order valence-corrected chi connectivity index (χ1v) is 11.3. The minimum Gasteiger partial charge on any atom is -0.379 e. The number of nitrogens with one attached hydrogen (secondary N) is 1. The smallest absolute Gasteiger partial charge is 0.193 e. The fourth-order valence-electron chi connectivity index (χ4n) is 3.72. The number of morpholine rings is 1. The van der Waals surface area contributed by atoms with Crippen molar-refractivity contribution >= 4 is 39.8 Å². The number of halogens is 1. The number of nitrogens with zero attached hydrogens (tertiary/aromatic N) is 3. The first-order chi connectivity index (χ1) is 13.1. The van der Waals surface area contributed by atoms with Crippen LogP contribution >= 0.6 is 24.0 Å². The van der Waals surface area contributed by atoms with Crippen molar-refractivity contribution in [1.82, 2.24) is 15.1 Å². The minimum absolute atomic E-state index is 0. The fourth-order valence-corrected chi connectivity index (χ4v) is 5.05. The van der Waals surface area contributed by atoms with Gasteiger partial charge in [-0.05, 0) is 25.0 Å². The lowest BCUT2D eigenvalue weighted by molar-refractivity contribution is 0.0195. The molecule has 2 aliphatic heterocycles. The van der Waals surface area contributed by atoms with E-state index in [2.05, 4.69) is 20.1 Å². The molecule has 0 bridgehead atoms. The summed E-state index contributed by atoms with van der Waals surface area (Å²) in [6.45, 7) is 6.17. The molecule has 28 heavy (non-hydrogen) atoms. The van der Waals surface area contributed by atoms with E-state index in [1.54, 1.807) is 31.3 Å². The highest BCUT2D eigenvalue weighted by Crippen LogP contribution is 2.17. The van der Waals surface area contributed by atoms with E-state index < -0.39 is 9.84 Å². The molecule has 2 heterocycles. The quantitative estimate of drug-likeness (QED) is 0.264. The first-order valence-electron chi connectivity index (χ1n) is 9.65. The van der Waals surface area contributed by atoms with Crippen LogP contribution in [0.4, 0.5) is 0 Å². The molecule has 158 valence electrons. The van der Waals surface area contributed by atoms with Gasteiger partial charge in [0.2, 0.25) is 0 Å². The highest BCUT2D eigenvalue weighted by molar-refractivity contribution is 14.0. The van der Waals surface area contributed by atoms with Crippen LogP contribution in [0.5, 0.6) is 0 Å². The lowest BCUT2D eigenvalue weighted by Gasteiger charge is -2.32. The van der Waals surface area contributed by atoms with Crippen molar-refractivity contribution < 1.29 is 13.2 Å². The predicted octanol–water partition coefficient (Wildman–Crippen LogP) is 1.45. The van der Waals surface area contributed by atoms with E-state index in [-0.39, 0.29) is 29.7 Å². The highest BCUT2D eigenvalue weighted by Gasteiger charge is 2.30. The van der Waals surface area contributed by atoms with E-state index in [1.807, 2.05) is 6.07 Å². The van der Waals surface area contributed by atoms with Crippen LogP contribution in [0.2, 0.25) is 0 Å². The van der Waals surface area contributed by atoms with Gasteiger partial charge in [0.15, 0.2) is 15.8 Å². The fraction of sp³-hybridized carbons (Fsp3) is 0.632. The van der Waals surface area contributed by atoms with Gasteiger partial charge in [0.05, 0.1) is 23.9 Å². The Morgan fingerprint density at radius 1 is 1.21 bits per heavy atom. The summed E-state index contributed by atoms with van der Waals surface area (Å²) in [7, 11) is -1.44. The van der Waals surface area contributed by atoms with Gasteiger partial charge >= 0.3 is 0 Å². The Hall–Kier alpha value is -0.910. The number of ether oxygens (including phenoxy) is 1. The molecule has 1 N–H and O–H groups in total. The van der Waals surface area contributed by atoms with Gasteiger partial charge in [-0.3, -0.25) is 9.89 Å². The third-order valence-electron chi connectivity index (χ3n) is 5.21. The van der Waals surface area contributed by atoms with Gasteiger partial charge in [-0.25, -0.2) is 8.42 Å². The zero-order valence-electron chi connectivity index (χ0n) is 16.4. The zero-order chi connectivity index (χ0) is 19.1. The standard InChI is InChI=1S/C19H30N4O3S.HI/c1-20-19(23-10-8-17(16-23)22-11-13-26-14-12-22)21-9-5-15-27(24,25)18-6-3-2-4-7-18;/h2-4,6-7,17H,5,8-16H2,1H3,(H,20,21);1H. The largest absolute Gasteiger partial charge is 0.379 e. The summed E-state index contributed by atoms with van der Waals surface area (Å²) in [5.74, 6) is 1.00. The number of aliphatic imine (C=N–C) groups is 1. The molecule has 1 aromatic rings. The topological polar surface area (TPSA) is 74.2 Å². The summed E-state index contributed by atoms with van der Waals surface area (Å²) in [6, 6.07) is 9.18. The summed E-state index contributed by atoms with van der Waals surface area (Å²) < 4.78 is 30.1. The number of hydrogen-bond acceptors (Lipinski definition) is 5. The predicted molar refractivity (Wildman–Crippen MR) is 122 cm³/mol. The Morgan fingerprint density at radius 3 is 2.61 bits per heavy atom. The normalized spacial score (nSPS) is 21.4. The maximum absolute atomic E-state index is 12.3. The highest BCUT2D eigenvalue weighted by atomic mass is 127. The van der Waals surface area contributed by atoms with Gasteiger partial charge < -0.3 is 15.0 Å². The SMILES string of the molecule is CN=C(NCCCS(=O)(=O)c1ccccc1)N1CCC(N2CCOCC2)C1.I. The lowest BCUT2D eigenvalue weighted by Crippen LogP contribution is -2.46. The molecule has 1 atom stereocenters. The van der Waals surface area contributed by atoms with Crippen LogP contribution in [0.3, 0.4) is 0 Å². The maximum atomic E-state index is 12.3. The molecule has 1 aromatic carbocycles. The second-order valence-electron chi connectivity index (χ2n) is 7.00. The van der Waals surface area contributed by atoms with E-state index in [0.717, 1.165) is 51.8 Å². The van der Waals surface area contributed by atoms with Gasteiger partial charge in [-0.15, -0.1) is 24.0 Å². The molecule has 0 saturated carbocycles. The molecule has 3 rings (SSSR count). The number of guanidine groups is 1. The van der Waals surface area contributed by atoms with E-state index in [1.165, 1.54) is 0 Å². The zero-order valence-corrected chi connectivity index (χ0v) is 19.6. The van der Waals surface area contributed by atoms with Gasteiger partial charge in [0, 0.05) is 45.8 Å². The molecule has 0 radical (unpaired) electrons. The van der Waals surface area contributed by atoms with Crippen LogP contribution in [0.1, 0.15) is 12.8 Å². The minimum atomic E-state index is -3.22. The molecule has 9 heteroatoms. The molecule has 1 unspecified atom stereocenters. The maximum Gasteiger partial charge on any atom is 0.193 e. The number of likely N-dealkylation sites (tertiary alicyclic amines) is 1. The van der Waals surface area contributed by atoms with Gasteiger partial charge in [-0.1, -0.05) is 18.2 Å². The van der Waals surface area contributed by atoms with Crippen molar-refractivity contribution in [1.29, 1.82) is 0 Å². The van der Waals surface area contributed by atoms with Gasteiger partial charge in [0.25, 0.3) is 0 Å². The van der Waals surface area contributed by atoms with Crippen LogP contribution in [0.15, 0.2) is 40.2 Å². The monoisotopic (exact) mass is 522 g/mol. The molecule has 7 nitrogen and oxygen atoms in total. The van der Waals surface area contributed by atoms with Crippen molar-refractivity contribution in [3.8, 4) is 0 Å². The van der Waals surface area contributed by atoms with Crippen LogP contribution < -0.4 is 5.32 Å². The molecular weight excluding hydrogens is 491 g/mol. The third-order valence-corrected chi connectivity index (χ3v) is 7.03. The van der Waals surface area contributed by atoms with Crippen molar-refractivity contribution in [2.45, 2.75) is 23.8 Å². The summed E-state index contributed by atoms with van der Waals surface area (Å²) in [6.07, 6.45) is 1.68. The molecule has 0 aliphatic carbocycles. The third kappa shape index (κ3) is 6.30. The van der Waals surface area contributed by atoms with Gasteiger partial charge in [0.1, 0.15) is 0 Å². The summed E-state index contributed by atoms with van der Waals surface area (Å²) in [5.41, 5.74) is 0. The van der Waals surface area contributed by atoms with Crippen molar-refractivity contribution in [3.05, 3.63) is 30.3 Å². The second-order valence-corrected chi connectivity index (χ2v) is 9.11. The number of hydrogen-bond donors (Lipinski definition) is 1. The molecule has 2 saturated heterocycles. The Kier molecular flexibility index (Phi) is 9.45. The average Bonchev–Trinajstić information content (AvgIpc) is 3.19. The Balaban J connectivity index is 0.00000280.